The lowest BCUT2D eigenvalue weighted by Gasteiger charge is -2.33. The van der Waals surface area contributed by atoms with Gasteiger partial charge in [-0.3, -0.25) is 0 Å². The van der Waals surface area contributed by atoms with E-state index in [0.29, 0.717) is 6.04 Å². The van der Waals surface area contributed by atoms with Crippen LogP contribution in [0, 0.1) is 5.92 Å². The Hall–Kier alpha value is -0.0400. The fraction of sp³-hybridized carbons (Fsp3) is 1.00. The van der Waals surface area contributed by atoms with Gasteiger partial charge in [-0.25, -0.2) is 0 Å². The van der Waals surface area contributed by atoms with Crippen molar-refractivity contribution in [2.45, 2.75) is 71.4 Å². The van der Waals surface area contributed by atoms with Crippen LogP contribution >= 0.6 is 0 Å². The zero-order valence-electron chi connectivity index (χ0n) is 10.4. The second-order valence-corrected chi connectivity index (χ2v) is 5.38. The van der Waals surface area contributed by atoms with Crippen molar-refractivity contribution in [1.29, 1.82) is 0 Å². The summed E-state index contributed by atoms with van der Waals surface area (Å²) in [5.41, 5.74) is 0. The fourth-order valence-electron chi connectivity index (χ4n) is 2.52. The molecule has 0 heterocycles. The van der Waals surface area contributed by atoms with Crippen LogP contribution in [-0.2, 0) is 0 Å². The Kier molecular flexibility index (Phi) is 4.94. The first-order chi connectivity index (χ1) is 6.61. The summed E-state index contributed by atoms with van der Waals surface area (Å²) in [7, 11) is 2.29. The highest BCUT2D eigenvalue weighted by atomic mass is 15.1. The maximum Gasteiger partial charge on any atom is 0.00949 e. The summed E-state index contributed by atoms with van der Waals surface area (Å²) in [6.45, 7) is 7.02. The Morgan fingerprint density at radius 1 is 1.00 bits per heavy atom. The smallest absolute Gasteiger partial charge is 0.00949 e. The van der Waals surface area contributed by atoms with Gasteiger partial charge in [0.15, 0.2) is 0 Å². The van der Waals surface area contributed by atoms with E-state index >= 15 is 0 Å². The lowest BCUT2D eigenvalue weighted by Crippen LogP contribution is -2.37. The van der Waals surface area contributed by atoms with Crippen LogP contribution in [0.25, 0.3) is 0 Å². The van der Waals surface area contributed by atoms with Crippen LogP contribution in [0.2, 0.25) is 0 Å². The first-order valence-electron chi connectivity index (χ1n) is 6.33. The zero-order chi connectivity index (χ0) is 10.6. The zero-order valence-corrected chi connectivity index (χ0v) is 10.4. The minimum absolute atomic E-state index is 0.705. The molecule has 1 aliphatic rings. The highest BCUT2D eigenvalue weighted by molar-refractivity contribution is 4.74. The monoisotopic (exact) mass is 197 g/mol. The SMILES string of the molecule is CC1CCCC(N(C)C(C)C)CCC1. The summed E-state index contributed by atoms with van der Waals surface area (Å²) >= 11 is 0. The first-order valence-corrected chi connectivity index (χ1v) is 6.33. The minimum atomic E-state index is 0.705. The van der Waals surface area contributed by atoms with Gasteiger partial charge >= 0.3 is 0 Å². The lowest BCUT2D eigenvalue weighted by molar-refractivity contribution is 0.159. The molecular formula is C13H27N. The van der Waals surface area contributed by atoms with Crippen LogP contribution in [0.15, 0.2) is 0 Å². The molecule has 1 nitrogen and oxygen atoms in total. The van der Waals surface area contributed by atoms with Crippen molar-refractivity contribution in [3.63, 3.8) is 0 Å². The molecule has 0 bridgehead atoms. The Morgan fingerprint density at radius 2 is 1.50 bits per heavy atom. The van der Waals surface area contributed by atoms with Crippen LogP contribution in [0.1, 0.15) is 59.3 Å². The van der Waals surface area contributed by atoms with E-state index in [1.807, 2.05) is 0 Å². The van der Waals surface area contributed by atoms with E-state index in [1.54, 1.807) is 0 Å². The quantitative estimate of drug-likeness (QED) is 0.652. The van der Waals surface area contributed by atoms with E-state index in [2.05, 4.69) is 32.7 Å². The van der Waals surface area contributed by atoms with E-state index in [4.69, 9.17) is 0 Å². The summed E-state index contributed by atoms with van der Waals surface area (Å²) in [6, 6.07) is 1.55. The molecule has 0 atom stereocenters. The predicted octanol–water partition coefficient (Wildman–Crippen LogP) is 3.69. The Labute approximate surface area is 89.9 Å². The molecule has 84 valence electrons. The molecule has 1 fully saturated rings. The average molecular weight is 197 g/mol. The lowest BCUT2D eigenvalue weighted by atomic mass is 9.89. The van der Waals surface area contributed by atoms with Crippen LogP contribution in [0.5, 0.6) is 0 Å². The van der Waals surface area contributed by atoms with Crippen LogP contribution in [0.3, 0.4) is 0 Å². The average Bonchev–Trinajstić information content (AvgIpc) is 2.10. The van der Waals surface area contributed by atoms with Gasteiger partial charge in [0, 0.05) is 12.1 Å². The molecule has 1 rings (SSSR count). The molecule has 0 aromatic rings. The highest BCUT2D eigenvalue weighted by Gasteiger charge is 2.19. The van der Waals surface area contributed by atoms with E-state index in [-0.39, 0.29) is 0 Å². The highest BCUT2D eigenvalue weighted by Crippen LogP contribution is 2.25. The number of hydrogen-bond donors (Lipinski definition) is 0. The normalized spacial score (nSPS) is 30.4. The van der Waals surface area contributed by atoms with E-state index in [0.717, 1.165) is 12.0 Å². The van der Waals surface area contributed by atoms with Gasteiger partial charge in [0.25, 0.3) is 0 Å². The van der Waals surface area contributed by atoms with E-state index in [1.165, 1.54) is 38.5 Å². The molecule has 1 saturated carbocycles. The topological polar surface area (TPSA) is 3.24 Å². The maximum absolute atomic E-state index is 2.57. The first kappa shape index (κ1) is 12.0. The molecule has 0 N–H and O–H groups in total. The largest absolute Gasteiger partial charge is 0.301 e. The van der Waals surface area contributed by atoms with Crippen molar-refractivity contribution in [1.82, 2.24) is 4.90 Å². The maximum atomic E-state index is 2.57. The molecular weight excluding hydrogens is 170 g/mol. The molecule has 0 spiro atoms. The summed E-state index contributed by atoms with van der Waals surface area (Å²) < 4.78 is 0. The van der Waals surface area contributed by atoms with Crippen molar-refractivity contribution >= 4 is 0 Å². The molecule has 0 unspecified atom stereocenters. The van der Waals surface area contributed by atoms with Crippen molar-refractivity contribution in [3.05, 3.63) is 0 Å². The molecule has 1 aliphatic carbocycles. The van der Waals surface area contributed by atoms with E-state index in [9.17, 15) is 0 Å². The Balaban J connectivity index is 2.38. The van der Waals surface area contributed by atoms with E-state index < -0.39 is 0 Å². The predicted molar refractivity (Wildman–Crippen MR) is 63.6 cm³/mol. The summed E-state index contributed by atoms with van der Waals surface area (Å²) in [5.74, 6) is 0.973. The summed E-state index contributed by atoms with van der Waals surface area (Å²) in [4.78, 5) is 2.57. The van der Waals surface area contributed by atoms with Gasteiger partial charge in [-0.05, 0) is 39.7 Å². The second kappa shape index (κ2) is 5.75. The van der Waals surface area contributed by atoms with Crippen molar-refractivity contribution in [2.24, 2.45) is 5.92 Å². The van der Waals surface area contributed by atoms with Gasteiger partial charge in [0.05, 0.1) is 0 Å². The van der Waals surface area contributed by atoms with Crippen LogP contribution in [-0.4, -0.2) is 24.0 Å². The third-order valence-electron chi connectivity index (χ3n) is 3.86. The molecule has 1 heteroatoms. The second-order valence-electron chi connectivity index (χ2n) is 5.38. The van der Waals surface area contributed by atoms with Crippen molar-refractivity contribution in [3.8, 4) is 0 Å². The fourth-order valence-corrected chi connectivity index (χ4v) is 2.52. The third kappa shape index (κ3) is 3.61. The molecule has 0 aliphatic heterocycles. The number of nitrogens with zero attached hydrogens (tertiary/aromatic N) is 1. The van der Waals surface area contributed by atoms with Gasteiger partial charge in [0.2, 0.25) is 0 Å². The molecule has 0 aromatic carbocycles. The van der Waals surface area contributed by atoms with Crippen LogP contribution < -0.4 is 0 Å². The van der Waals surface area contributed by atoms with Gasteiger partial charge in [-0.1, -0.05) is 32.6 Å². The minimum Gasteiger partial charge on any atom is -0.301 e. The van der Waals surface area contributed by atoms with Crippen molar-refractivity contribution < 1.29 is 0 Å². The summed E-state index contributed by atoms with van der Waals surface area (Å²) in [6.07, 6.45) is 8.59. The molecule has 14 heavy (non-hydrogen) atoms. The molecule has 0 aromatic heterocycles. The number of hydrogen-bond acceptors (Lipinski definition) is 1. The standard InChI is InChI=1S/C13H27N/c1-11(2)14(4)13-9-5-7-12(3)8-6-10-13/h11-13H,5-10H2,1-4H3. The van der Waals surface area contributed by atoms with Crippen LogP contribution in [0.4, 0.5) is 0 Å². The van der Waals surface area contributed by atoms with Gasteiger partial charge in [-0.2, -0.15) is 0 Å². The van der Waals surface area contributed by atoms with Gasteiger partial charge in [-0.15, -0.1) is 0 Å². The van der Waals surface area contributed by atoms with Gasteiger partial charge < -0.3 is 4.90 Å². The third-order valence-corrected chi connectivity index (χ3v) is 3.86. The molecule has 0 saturated heterocycles. The Morgan fingerprint density at radius 3 is 1.93 bits per heavy atom. The molecule has 0 amide bonds. The Bertz CT molecular complexity index is 143. The van der Waals surface area contributed by atoms with Gasteiger partial charge in [0.1, 0.15) is 0 Å². The molecule has 0 radical (unpaired) electrons. The van der Waals surface area contributed by atoms with Crippen molar-refractivity contribution in [2.75, 3.05) is 7.05 Å². The summed E-state index contributed by atoms with van der Waals surface area (Å²) in [5, 5.41) is 0. The number of rotatable bonds is 2.